The van der Waals surface area contributed by atoms with E-state index in [-0.39, 0.29) is 12.1 Å². The average molecular weight is 252 g/mol. The van der Waals surface area contributed by atoms with Crippen LogP contribution in [0.25, 0.3) is 0 Å². The van der Waals surface area contributed by atoms with Gasteiger partial charge in [0.2, 0.25) is 0 Å². The molecule has 102 valence electrons. The van der Waals surface area contributed by atoms with E-state index < -0.39 is 5.60 Å². The normalized spacial score (nSPS) is 27.2. The van der Waals surface area contributed by atoms with Gasteiger partial charge in [0.05, 0.1) is 12.7 Å². The predicted octanol–water partition coefficient (Wildman–Crippen LogP) is 3.23. The second-order valence-corrected chi connectivity index (χ2v) is 6.10. The topological polar surface area (TPSA) is 35.5 Å². The standard InChI is InChI=1S/C15H24O3/c1-10(2)8-15(14(16)18-11(3)4)13-7-5-6-12(13)9-17-15/h10-11H,5-9H2,1-4H3. The van der Waals surface area contributed by atoms with Crippen molar-refractivity contribution < 1.29 is 14.3 Å². The van der Waals surface area contributed by atoms with E-state index in [9.17, 15) is 4.79 Å². The third kappa shape index (κ3) is 2.33. The molecule has 0 N–H and O–H groups in total. The molecule has 0 spiro atoms. The third-order valence-electron chi connectivity index (χ3n) is 3.68. The van der Waals surface area contributed by atoms with E-state index in [1.165, 1.54) is 11.1 Å². The number of ether oxygens (including phenoxy) is 2. The van der Waals surface area contributed by atoms with E-state index in [4.69, 9.17) is 9.47 Å². The van der Waals surface area contributed by atoms with Crippen LogP contribution in [0.2, 0.25) is 0 Å². The molecule has 1 unspecified atom stereocenters. The fourth-order valence-corrected chi connectivity index (χ4v) is 3.08. The van der Waals surface area contributed by atoms with Gasteiger partial charge in [-0.05, 0) is 56.6 Å². The van der Waals surface area contributed by atoms with Gasteiger partial charge in [-0.15, -0.1) is 0 Å². The molecule has 18 heavy (non-hydrogen) atoms. The zero-order chi connectivity index (χ0) is 13.3. The van der Waals surface area contributed by atoms with Crippen LogP contribution in [0.1, 0.15) is 53.4 Å². The molecule has 2 rings (SSSR count). The van der Waals surface area contributed by atoms with Gasteiger partial charge >= 0.3 is 5.97 Å². The maximum Gasteiger partial charge on any atom is 0.343 e. The van der Waals surface area contributed by atoms with Crippen molar-refractivity contribution in [3.8, 4) is 0 Å². The van der Waals surface area contributed by atoms with Crippen LogP contribution in [0.3, 0.4) is 0 Å². The van der Waals surface area contributed by atoms with Crippen LogP contribution in [0, 0.1) is 5.92 Å². The lowest BCUT2D eigenvalue weighted by Gasteiger charge is -2.31. The highest BCUT2D eigenvalue weighted by Gasteiger charge is 2.51. The van der Waals surface area contributed by atoms with Gasteiger partial charge in [-0.25, -0.2) is 4.79 Å². The molecule has 0 bridgehead atoms. The molecule has 0 radical (unpaired) electrons. The van der Waals surface area contributed by atoms with Crippen molar-refractivity contribution in [2.24, 2.45) is 5.92 Å². The Morgan fingerprint density at radius 2 is 2.06 bits per heavy atom. The predicted molar refractivity (Wildman–Crippen MR) is 70.2 cm³/mol. The largest absolute Gasteiger partial charge is 0.461 e. The van der Waals surface area contributed by atoms with Crippen molar-refractivity contribution in [3.05, 3.63) is 11.1 Å². The zero-order valence-corrected chi connectivity index (χ0v) is 11.9. The van der Waals surface area contributed by atoms with Crippen molar-refractivity contribution in [2.45, 2.75) is 65.1 Å². The van der Waals surface area contributed by atoms with Gasteiger partial charge < -0.3 is 9.47 Å². The van der Waals surface area contributed by atoms with Crippen LogP contribution in [-0.2, 0) is 14.3 Å². The Hall–Kier alpha value is -0.830. The summed E-state index contributed by atoms with van der Waals surface area (Å²) in [6.45, 7) is 8.65. The van der Waals surface area contributed by atoms with E-state index in [1.807, 2.05) is 13.8 Å². The molecular formula is C15H24O3. The summed E-state index contributed by atoms with van der Waals surface area (Å²) in [4.78, 5) is 12.5. The van der Waals surface area contributed by atoms with Crippen LogP contribution in [0.4, 0.5) is 0 Å². The van der Waals surface area contributed by atoms with E-state index in [1.54, 1.807) is 0 Å². The SMILES string of the molecule is CC(C)CC1(C(=O)OC(C)C)OCC2=C1CCC2. The van der Waals surface area contributed by atoms with Crippen LogP contribution < -0.4 is 0 Å². The summed E-state index contributed by atoms with van der Waals surface area (Å²) in [5.74, 6) is 0.232. The molecule has 0 aromatic rings. The first-order valence-corrected chi connectivity index (χ1v) is 7.02. The van der Waals surface area contributed by atoms with Crippen LogP contribution >= 0.6 is 0 Å². The second-order valence-electron chi connectivity index (χ2n) is 6.10. The minimum absolute atomic E-state index is 0.0869. The number of hydrogen-bond donors (Lipinski definition) is 0. The van der Waals surface area contributed by atoms with Crippen molar-refractivity contribution in [1.82, 2.24) is 0 Å². The molecule has 3 heteroatoms. The Bertz CT molecular complexity index is 368. The van der Waals surface area contributed by atoms with Crippen molar-refractivity contribution >= 4 is 5.97 Å². The van der Waals surface area contributed by atoms with E-state index in [0.29, 0.717) is 12.5 Å². The fourth-order valence-electron chi connectivity index (χ4n) is 3.08. The molecule has 1 aliphatic carbocycles. The summed E-state index contributed by atoms with van der Waals surface area (Å²) < 4.78 is 11.4. The first-order valence-electron chi connectivity index (χ1n) is 7.02. The quantitative estimate of drug-likeness (QED) is 0.569. The summed E-state index contributed by atoms with van der Waals surface area (Å²) in [6.07, 6.45) is 3.88. The lowest BCUT2D eigenvalue weighted by Crippen LogP contribution is -2.44. The summed E-state index contributed by atoms with van der Waals surface area (Å²) in [6, 6.07) is 0. The Labute approximate surface area is 110 Å². The summed E-state index contributed by atoms with van der Waals surface area (Å²) in [7, 11) is 0. The summed E-state index contributed by atoms with van der Waals surface area (Å²) in [5, 5.41) is 0. The molecule has 0 aromatic heterocycles. The van der Waals surface area contributed by atoms with E-state index in [0.717, 1.165) is 25.7 Å². The van der Waals surface area contributed by atoms with Crippen molar-refractivity contribution in [1.29, 1.82) is 0 Å². The molecule has 1 aliphatic heterocycles. The molecule has 0 saturated carbocycles. The highest BCUT2D eigenvalue weighted by Crippen LogP contribution is 2.45. The van der Waals surface area contributed by atoms with Gasteiger partial charge in [0, 0.05) is 0 Å². The Morgan fingerprint density at radius 1 is 1.33 bits per heavy atom. The van der Waals surface area contributed by atoms with Gasteiger partial charge in [0.15, 0.2) is 5.60 Å². The maximum absolute atomic E-state index is 12.5. The maximum atomic E-state index is 12.5. The molecule has 0 aromatic carbocycles. The lowest BCUT2D eigenvalue weighted by molar-refractivity contribution is -0.170. The first-order chi connectivity index (χ1) is 8.45. The fraction of sp³-hybridized carbons (Fsp3) is 0.800. The van der Waals surface area contributed by atoms with Crippen molar-refractivity contribution in [3.63, 3.8) is 0 Å². The molecule has 1 heterocycles. The molecular weight excluding hydrogens is 228 g/mol. The smallest absolute Gasteiger partial charge is 0.343 e. The van der Waals surface area contributed by atoms with Crippen LogP contribution in [0.15, 0.2) is 11.1 Å². The number of carbonyl (C=O) groups excluding carboxylic acids is 1. The molecule has 3 nitrogen and oxygen atoms in total. The number of hydrogen-bond acceptors (Lipinski definition) is 3. The second kappa shape index (κ2) is 5.04. The minimum Gasteiger partial charge on any atom is -0.461 e. The minimum atomic E-state index is -0.774. The summed E-state index contributed by atoms with van der Waals surface area (Å²) in [5.41, 5.74) is 1.79. The molecule has 1 atom stereocenters. The zero-order valence-electron chi connectivity index (χ0n) is 11.9. The van der Waals surface area contributed by atoms with Gasteiger partial charge in [-0.3, -0.25) is 0 Å². The summed E-state index contributed by atoms with van der Waals surface area (Å²) >= 11 is 0. The third-order valence-corrected chi connectivity index (χ3v) is 3.68. The number of rotatable bonds is 4. The number of esters is 1. The highest BCUT2D eigenvalue weighted by atomic mass is 16.6. The molecule has 0 saturated heterocycles. The van der Waals surface area contributed by atoms with Crippen LogP contribution in [-0.4, -0.2) is 24.3 Å². The van der Waals surface area contributed by atoms with Gasteiger partial charge in [0.1, 0.15) is 0 Å². The molecule has 0 amide bonds. The highest BCUT2D eigenvalue weighted by molar-refractivity contribution is 5.85. The van der Waals surface area contributed by atoms with Gasteiger partial charge in [-0.2, -0.15) is 0 Å². The van der Waals surface area contributed by atoms with E-state index >= 15 is 0 Å². The Balaban J connectivity index is 2.27. The lowest BCUT2D eigenvalue weighted by atomic mass is 9.84. The monoisotopic (exact) mass is 252 g/mol. The molecule has 2 aliphatic rings. The molecule has 0 fully saturated rings. The first kappa shape index (κ1) is 13.6. The average Bonchev–Trinajstić information content (AvgIpc) is 2.80. The Kier molecular flexibility index (Phi) is 3.81. The van der Waals surface area contributed by atoms with Crippen molar-refractivity contribution in [2.75, 3.05) is 6.61 Å². The Morgan fingerprint density at radius 3 is 2.67 bits per heavy atom. The van der Waals surface area contributed by atoms with Gasteiger partial charge in [-0.1, -0.05) is 13.8 Å². The van der Waals surface area contributed by atoms with Crippen LogP contribution in [0.5, 0.6) is 0 Å². The van der Waals surface area contributed by atoms with Gasteiger partial charge in [0.25, 0.3) is 0 Å². The van der Waals surface area contributed by atoms with E-state index in [2.05, 4.69) is 13.8 Å². The number of carbonyl (C=O) groups is 1.